The molecule has 39 heavy (non-hydrogen) atoms. The van der Waals surface area contributed by atoms with Crippen LogP contribution in [0.3, 0.4) is 0 Å². The third-order valence-electron chi connectivity index (χ3n) is 6.25. The lowest BCUT2D eigenvalue weighted by Gasteiger charge is -2.38. The van der Waals surface area contributed by atoms with Gasteiger partial charge in [-0.1, -0.05) is 69.2 Å². The van der Waals surface area contributed by atoms with Crippen molar-refractivity contribution in [1.29, 1.82) is 0 Å². The Hall–Kier alpha value is -3.79. The normalized spacial score (nSPS) is 13.5. The van der Waals surface area contributed by atoms with E-state index in [1.165, 1.54) is 0 Å². The summed E-state index contributed by atoms with van der Waals surface area (Å²) in [5.74, 6) is 2.04. The Morgan fingerprint density at radius 2 is 1.62 bits per heavy atom. The van der Waals surface area contributed by atoms with E-state index in [2.05, 4.69) is 16.6 Å². The zero-order valence-corrected chi connectivity index (χ0v) is 24.3. The molecule has 0 radical (unpaired) electrons. The quantitative estimate of drug-likeness (QED) is 0.369. The van der Waals surface area contributed by atoms with Crippen LogP contribution in [-0.4, -0.2) is 40.5 Å². The summed E-state index contributed by atoms with van der Waals surface area (Å²) >= 11 is 0. The molecule has 0 saturated heterocycles. The summed E-state index contributed by atoms with van der Waals surface area (Å²) in [6.45, 7) is 13.4. The topological polar surface area (TPSA) is 87.7 Å². The van der Waals surface area contributed by atoms with Gasteiger partial charge in [-0.25, -0.2) is 4.79 Å². The summed E-state index contributed by atoms with van der Waals surface area (Å²) in [4.78, 5) is 42.4. The summed E-state index contributed by atoms with van der Waals surface area (Å²) in [7, 11) is 0. The molecule has 0 saturated carbocycles. The third-order valence-corrected chi connectivity index (χ3v) is 6.25. The van der Waals surface area contributed by atoms with Gasteiger partial charge in [0, 0.05) is 18.2 Å². The SMILES string of the molecule is C#Cc1ccc(C(C(=O)NCc2ccccc2)N(C(=O)C(CC(C)C)NC(=O)OC(C)(C)C)C(C)CC)cc1. The molecule has 7 nitrogen and oxygen atoms in total. The number of terminal acetylenes is 1. The van der Waals surface area contributed by atoms with Crippen molar-refractivity contribution in [2.75, 3.05) is 0 Å². The first-order valence-electron chi connectivity index (χ1n) is 13.6. The third kappa shape index (κ3) is 9.79. The zero-order chi connectivity index (χ0) is 29.2. The molecule has 0 heterocycles. The Labute approximate surface area is 233 Å². The van der Waals surface area contributed by atoms with Crippen molar-refractivity contribution in [2.45, 2.75) is 91.6 Å². The van der Waals surface area contributed by atoms with Gasteiger partial charge in [-0.05, 0) is 69.7 Å². The van der Waals surface area contributed by atoms with Crippen LogP contribution in [0.5, 0.6) is 0 Å². The first-order chi connectivity index (χ1) is 18.4. The molecule has 3 amide bonds. The number of benzene rings is 2. The maximum absolute atomic E-state index is 14.2. The van der Waals surface area contributed by atoms with Crippen LogP contribution in [0.2, 0.25) is 0 Å². The number of ether oxygens (including phenoxy) is 1. The van der Waals surface area contributed by atoms with Crippen LogP contribution >= 0.6 is 0 Å². The number of alkyl carbamates (subject to hydrolysis) is 1. The van der Waals surface area contributed by atoms with Crippen molar-refractivity contribution >= 4 is 17.9 Å². The highest BCUT2D eigenvalue weighted by Gasteiger charge is 2.38. The van der Waals surface area contributed by atoms with Gasteiger partial charge in [0.25, 0.3) is 0 Å². The monoisotopic (exact) mass is 533 g/mol. The lowest BCUT2D eigenvalue weighted by atomic mass is 9.96. The van der Waals surface area contributed by atoms with Gasteiger partial charge in [-0.15, -0.1) is 6.42 Å². The summed E-state index contributed by atoms with van der Waals surface area (Å²) in [5.41, 5.74) is 1.53. The molecule has 3 unspecified atom stereocenters. The van der Waals surface area contributed by atoms with Crippen LogP contribution in [0, 0.1) is 18.3 Å². The van der Waals surface area contributed by atoms with E-state index >= 15 is 0 Å². The molecule has 0 bridgehead atoms. The standard InChI is InChI=1S/C32H43N3O4/c1-9-23(5)35(30(37)27(20-22(3)4)34-31(38)39-32(6,7)8)28(26-18-16-24(10-2)17-19-26)29(36)33-21-25-14-12-11-13-15-25/h2,11-19,22-23,27-28H,9,20-21H2,1,3-8H3,(H,33,36)(H,34,38). The molecule has 0 spiro atoms. The van der Waals surface area contributed by atoms with Crippen molar-refractivity contribution in [3.8, 4) is 12.3 Å². The number of carbonyl (C=O) groups is 3. The Morgan fingerprint density at radius 3 is 2.13 bits per heavy atom. The van der Waals surface area contributed by atoms with Gasteiger partial charge in [0.1, 0.15) is 17.7 Å². The highest BCUT2D eigenvalue weighted by molar-refractivity contribution is 5.92. The fourth-order valence-electron chi connectivity index (χ4n) is 4.20. The van der Waals surface area contributed by atoms with Crippen molar-refractivity contribution in [3.63, 3.8) is 0 Å². The Bertz CT molecular complexity index is 1130. The molecule has 2 rings (SSSR count). The number of nitrogens with one attached hydrogen (secondary N) is 2. The number of hydrogen-bond donors (Lipinski definition) is 2. The molecule has 0 fully saturated rings. The van der Waals surface area contributed by atoms with Gasteiger partial charge in [0.2, 0.25) is 11.8 Å². The van der Waals surface area contributed by atoms with Gasteiger partial charge in [0.15, 0.2) is 0 Å². The van der Waals surface area contributed by atoms with E-state index in [4.69, 9.17) is 11.2 Å². The van der Waals surface area contributed by atoms with E-state index in [1.54, 1.807) is 49.9 Å². The summed E-state index contributed by atoms with van der Waals surface area (Å²) < 4.78 is 5.45. The van der Waals surface area contributed by atoms with Crippen molar-refractivity contribution in [2.24, 2.45) is 5.92 Å². The molecule has 0 aliphatic rings. The number of rotatable bonds is 11. The summed E-state index contributed by atoms with van der Waals surface area (Å²) in [6.07, 6.45) is 5.88. The van der Waals surface area contributed by atoms with E-state index < -0.39 is 23.8 Å². The van der Waals surface area contributed by atoms with Crippen LogP contribution in [0.4, 0.5) is 4.79 Å². The number of carbonyl (C=O) groups excluding carboxylic acids is 3. The van der Waals surface area contributed by atoms with E-state index in [9.17, 15) is 14.4 Å². The van der Waals surface area contributed by atoms with Crippen LogP contribution in [0.15, 0.2) is 54.6 Å². The molecular formula is C32H43N3O4. The first-order valence-corrected chi connectivity index (χ1v) is 13.6. The van der Waals surface area contributed by atoms with Crippen LogP contribution in [0.25, 0.3) is 0 Å². The minimum Gasteiger partial charge on any atom is -0.444 e. The van der Waals surface area contributed by atoms with E-state index in [1.807, 2.05) is 58.0 Å². The maximum Gasteiger partial charge on any atom is 0.408 e. The van der Waals surface area contributed by atoms with Crippen LogP contribution in [0.1, 0.15) is 84.0 Å². The van der Waals surface area contributed by atoms with Gasteiger partial charge in [-0.3, -0.25) is 9.59 Å². The maximum atomic E-state index is 14.2. The highest BCUT2D eigenvalue weighted by Crippen LogP contribution is 2.28. The molecule has 0 aliphatic heterocycles. The van der Waals surface area contributed by atoms with E-state index in [0.717, 1.165) is 5.56 Å². The minimum absolute atomic E-state index is 0.105. The predicted molar refractivity (Wildman–Crippen MR) is 155 cm³/mol. The van der Waals surface area contributed by atoms with Crippen LogP contribution < -0.4 is 10.6 Å². The van der Waals surface area contributed by atoms with Gasteiger partial charge in [0.05, 0.1) is 0 Å². The first kappa shape index (κ1) is 31.4. The molecule has 0 aromatic heterocycles. The van der Waals surface area contributed by atoms with Crippen LogP contribution in [-0.2, 0) is 20.9 Å². The van der Waals surface area contributed by atoms with E-state index in [-0.39, 0.29) is 23.8 Å². The van der Waals surface area contributed by atoms with Crippen molar-refractivity contribution < 1.29 is 19.1 Å². The van der Waals surface area contributed by atoms with Crippen molar-refractivity contribution in [3.05, 3.63) is 71.3 Å². The average molecular weight is 534 g/mol. The minimum atomic E-state index is -0.932. The number of nitrogens with zero attached hydrogens (tertiary/aromatic N) is 1. The fraction of sp³-hybridized carbons (Fsp3) is 0.469. The molecule has 2 aromatic rings. The molecular weight excluding hydrogens is 490 g/mol. The fourth-order valence-corrected chi connectivity index (χ4v) is 4.20. The van der Waals surface area contributed by atoms with Gasteiger partial charge >= 0.3 is 6.09 Å². The lowest BCUT2D eigenvalue weighted by molar-refractivity contribution is -0.145. The second kappa shape index (κ2) is 14.4. The zero-order valence-electron chi connectivity index (χ0n) is 24.3. The molecule has 2 N–H and O–H groups in total. The lowest BCUT2D eigenvalue weighted by Crippen LogP contribution is -2.55. The Kier molecular flexibility index (Phi) is 11.6. The predicted octanol–water partition coefficient (Wildman–Crippen LogP) is 5.59. The molecule has 0 aliphatic carbocycles. The average Bonchev–Trinajstić information content (AvgIpc) is 2.88. The van der Waals surface area contributed by atoms with Crippen molar-refractivity contribution in [1.82, 2.24) is 15.5 Å². The number of hydrogen-bond acceptors (Lipinski definition) is 4. The molecule has 2 aromatic carbocycles. The summed E-state index contributed by atoms with van der Waals surface area (Å²) in [6, 6.07) is 14.6. The number of amides is 3. The Balaban J connectivity index is 2.51. The largest absolute Gasteiger partial charge is 0.444 e. The molecule has 7 heteroatoms. The second-order valence-corrected chi connectivity index (χ2v) is 11.2. The highest BCUT2D eigenvalue weighted by atomic mass is 16.6. The Morgan fingerprint density at radius 1 is 1.00 bits per heavy atom. The van der Waals surface area contributed by atoms with E-state index in [0.29, 0.717) is 30.5 Å². The van der Waals surface area contributed by atoms with Gasteiger partial charge in [-0.2, -0.15) is 0 Å². The molecule has 3 atom stereocenters. The summed E-state index contributed by atoms with van der Waals surface area (Å²) in [5, 5.41) is 5.78. The smallest absolute Gasteiger partial charge is 0.408 e. The second-order valence-electron chi connectivity index (χ2n) is 11.2. The van der Waals surface area contributed by atoms with Gasteiger partial charge < -0.3 is 20.3 Å². The molecule has 210 valence electrons.